The molecule has 0 saturated heterocycles. The quantitative estimate of drug-likeness (QED) is 0.729. The molecule has 0 aliphatic carbocycles. The summed E-state index contributed by atoms with van der Waals surface area (Å²) < 4.78 is 5.40. The lowest BCUT2D eigenvalue weighted by molar-refractivity contribution is 0.416. The first kappa shape index (κ1) is 12.0. The topological polar surface area (TPSA) is 9.23 Å². The maximum Gasteiger partial charge on any atom is 0.126 e. The van der Waals surface area contributed by atoms with Gasteiger partial charge < -0.3 is 4.74 Å². The first-order valence-corrected chi connectivity index (χ1v) is 6.08. The van der Waals surface area contributed by atoms with E-state index >= 15 is 0 Å². The molecule has 0 fully saturated rings. The molecule has 0 aliphatic heterocycles. The molecule has 88 valence electrons. The van der Waals surface area contributed by atoms with Gasteiger partial charge >= 0.3 is 0 Å². The van der Waals surface area contributed by atoms with Crippen molar-refractivity contribution in [2.75, 3.05) is 7.11 Å². The number of hydrogen-bond donors (Lipinski definition) is 0. The fraction of sp³-hybridized carbons (Fsp3) is 0.200. The molecule has 0 N–H and O–H groups in total. The number of alkyl halides is 1. The highest BCUT2D eigenvalue weighted by Gasteiger charge is 2.06. The Hall–Kier alpha value is -1.47. The largest absolute Gasteiger partial charge is 0.496 e. The van der Waals surface area contributed by atoms with Gasteiger partial charge in [0.2, 0.25) is 0 Å². The van der Waals surface area contributed by atoms with Gasteiger partial charge in [-0.3, -0.25) is 0 Å². The van der Waals surface area contributed by atoms with Crippen molar-refractivity contribution < 1.29 is 4.74 Å². The van der Waals surface area contributed by atoms with E-state index in [1.165, 1.54) is 5.56 Å². The van der Waals surface area contributed by atoms with Gasteiger partial charge in [0, 0.05) is 11.4 Å². The monoisotopic (exact) mass is 246 g/mol. The Morgan fingerprint density at radius 3 is 2.59 bits per heavy atom. The molecular formula is C15H15ClO. The van der Waals surface area contributed by atoms with E-state index in [9.17, 15) is 0 Å². The normalized spacial score (nSPS) is 10.3. The van der Waals surface area contributed by atoms with E-state index in [1.807, 2.05) is 12.1 Å². The van der Waals surface area contributed by atoms with Crippen molar-refractivity contribution in [3.05, 3.63) is 53.6 Å². The lowest BCUT2D eigenvalue weighted by Gasteiger charge is -2.10. The second kappa shape index (κ2) is 5.24. The summed E-state index contributed by atoms with van der Waals surface area (Å²) in [5.74, 6) is 1.40. The number of rotatable bonds is 3. The molecule has 0 aliphatic rings. The van der Waals surface area contributed by atoms with Crippen LogP contribution in [0, 0.1) is 6.92 Å². The zero-order valence-corrected chi connectivity index (χ0v) is 10.8. The molecule has 0 atom stereocenters. The summed E-state index contributed by atoms with van der Waals surface area (Å²) in [5.41, 5.74) is 4.59. The van der Waals surface area contributed by atoms with Crippen molar-refractivity contribution in [2.45, 2.75) is 12.8 Å². The van der Waals surface area contributed by atoms with Gasteiger partial charge in [-0.25, -0.2) is 0 Å². The molecule has 2 rings (SSSR count). The van der Waals surface area contributed by atoms with Gasteiger partial charge in [0.1, 0.15) is 5.75 Å². The summed E-state index contributed by atoms with van der Waals surface area (Å²) in [7, 11) is 1.69. The minimum Gasteiger partial charge on any atom is -0.496 e. The highest BCUT2D eigenvalue weighted by molar-refractivity contribution is 6.17. The van der Waals surface area contributed by atoms with E-state index in [0.29, 0.717) is 5.88 Å². The lowest BCUT2D eigenvalue weighted by atomic mass is 10.0. The Balaban J connectivity index is 2.56. The number of hydrogen-bond acceptors (Lipinski definition) is 1. The molecule has 0 bridgehead atoms. The predicted octanol–water partition coefficient (Wildman–Crippen LogP) is 4.41. The van der Waals surface area contributed by atoms with Crippen LogP contribution in [0.2, 0.25) is 0 Å². The maximum atomic E-state index is 5.87. The smallest absolute Gasteiger partial charge is 0.126 e. The van der Waals surface area contributed by atoms with E-state index in [1.54, 1.807) is 7.11 Å². The molecule has 0 saturated carbocycles. The molecule has 2 heteroatoms. The highest BCUT2D eigenvalue weighted by atomic mass is 35.5. The SMILES string of the molecule is COc1ccc(CCl)cc1-c1cccc(C)c1. The Bertz CT molecular complexity index is 520. The molecule has 2 aromatic carbocycles. The van der Waals surface area contributed by atoms with Crippen LogP contribution < -0.4 is 4.74 Å². The first-order valence-electron chi connectivity index (χ1n) is 5.54. The Morgan fingerprint density at radius 1 is 1.12 bits per heavy atom. The van der Waals surface area contributed by atoms with Crippen LogP contribution >= 0.6 is 11.6 Å². The second-order valence-corrected chi connectivity index (χ2v) is 4.31. The van der Waals surface area contributed by atoms with E-state index in [0.717, 1.165) is 22.4 Å². The third-order valence-corrected chi connectivity index (χ3v) is 3.06. The summed E-state index contributed by atoms with van der Waals surface area (Å²) >= 11 is 5.87. The first-order chi connectivity index (χ1) is 8.24. The van der Waals surface area contributed by atoms with Crippen molar-refractivity contribution in [3.63, 3.8) is 0 Å². The summed E-state index contributed by atoms with van der Waals surface area (Å²) in [5, 5.41) is 0. The third kappa shape index (κ3) is 2.62. The summed E-state index contributed by atoms with van der Waals surface area (Å²) in [6.07, 6.45) is 0. The van der Waals surface area contributed by atoms with Crippen LogP contribution in [-0.4, -0.2) is 7.11 Å². The number of benzene rings is 2. The minimum absolute atomic E-state index is 0.517. The molecule has 0 heterocycles. The Morgan fingerprint density at radius 2 is 1.94 bits per heavy atom. The molecule has 0 spiro atoms. The van der Waals surface area contributed by atoms with Crippen molar-refractivity contribution in [3.8, 4) is 16.9 Å². The van der Waals surface area contributed by atoms with Crippen LogP contribution in [0.25, 0.3) is 11.1 Å². The fourth-order valence-electron chi connectivity index (χ4n) is 1.88. The van der Waals surface area contributed by atoms with Gasteiger partial charge in [-0.05, 0) is 30.2 Å². The zero-order chi connectivity index (χ0) is 12.3. The van der Waals surface area contributed by atoms with Crippen LogP contribution in [0.5, 0.6) is 5.75 Å². The number of halogens is 1. The van der Waals surface area contributed by atoms with E-state index < -0.39 is 0 Å². The number of aryl methyl sites for hydroxylation is 1. The van der Waals surface area contributed by atoms with E-state index in [2.05, 4.69) is 37.3 Å². The lowest BCUT2D eigenvalue weighted by Crippen LogP contribution is -1.90. The van der Waals surface area contributed by atoms with Crippen LogP contribution in [0.3, 0.4) is 0 Å². The highest BCUT2D eigenvalue weighted by Crippen LogP contribution is 2.31. The summed E-state index contributed by atoms with van der Waals surface area (Å²) in [4.78, 5) is 0. The summed E-state index contributed by atoms with van der Waals surface area (Å²) in [6.45, 7) is 2.08. The fourth-order valence-corrected chi connectivity index (χ4v) is 2.04. The van der Waals surface area contributed by atoms with Gasteiger partial charge in [0.25, 0.3) is 0 Å². The Labute approximate surface area is 107 Å². The second-order valence-electron chi connectivity index (χ2n) is 4.04. The number of ether oxygens (including phenoxy) is 1. The summed E-state index contributed by atoms with van der Waals surface area (Å²) in [6, 6.07) is 14.4. The van der Waals surface area contributed by atoms with Crippen molar-refractivity contribution in [1.29, 1.82) is 0 Å². The van der Waals surface area contributed by atoms with E-state index in [4.69, 9.17) is 16.3 Å². The molecule has 0 aromatic heterocycles. The average molecular weight is 247 g/mol. The zero-order valence-electron chi connectivity index (χ0n) is 10.0. The van der Waals surface area contributed by atoms with Crippen molar-refractivity contribution in [2.24, 2.45) is 0 Å². The molecule has 2 aromatic rings. The van der Waals surface area contributed by atoms with Gasteiger partial charge in [-0.15, -0.1) is 11.6 Å². The van der Waals surface area contributed by atoms with Gasteiger partial charge in [0.15, 0.2) is 0 Å². The van der Waals surface area contributed by atoms with Crippen molar-refractivity contribution in [1.82, 2.24) is 0 Å². The van der Waals surface area contributed by atoms with Crippen molar-refractivity contribution >= 4 is 11.6 Å². The van der Waals surface area contributed by atoms with Gasteiger partial charge in [-0.1, -0.05) is 35.9 Å². The molecule has 0 unspecified atom stereocenters. The Kier molecular flexibility index (Phi) is 3.70. The van der Waals surface area contributed by atoms with Gasteiger partial charge in [0.05, 0.1) is 7.11 Å². The van der Waals surface area contributed by atoms with Crippen LogP contribution in [0.15, 0.2) is 42.5 Å². The molecular weight excluding hydrogens is 232 g/mol. The van der Waals surface area contributed by atoms with E-state index in [-0.39, 0.29) is 0 Å². The van der Waals surface area contributed by atoms with Crippen LogP contribution in [0.4, 0.5) is 0 Å². The standard InChI is InChI=1S/C15H15ClO/c1-11-4-3-5-13(8-11)14-9-12(10-16)6-7-15(14)17-2/h3-9H,10H2,1-2H3. The minimum atomic E-state index is 0.517. The maximum absolute atomic E-state index is 5.87. The third-order valence-electron chi connectivity index (χ3n) is 2.75. The average Bonchev–Trinajstić information content (AvgIpc) is 2.38. The molecule has 17 heavy (non-hydrogen) atoms. The number of methoxy groups -OCH3 is 1. The molecule has 0 amide bonds. The van der Waals surface area contributed by atoms with Crippen LogP contribution in [0.1, 0.15) is 11.1 Å². The predicted molar refractivity (Wildman–Crippen MR) is 72.7 cm³/mol. The van der Waals surface area contributed by atoms with Gasteiger partial charge in [-0.2, -0.15) is 0 Å². The molecule has 0 radical (unpaired) electrons. The van der Waals surface area contributed by atoms with Crippen LogP contribution in [-0.2, 0) is 5.88 Å². The molecule has 1 nitrogen and oxygen atoms in total.